The molecule has 8 heavy (non-hydrogen) atoms. The molecule has 0 unspecified atom stereocenters. The van der Waals surface area contributed by atoms with Gasteiger partial charge in [-0.15, -0.1) is 0 Å². The van der Waals surface area contributed by atoms with Gasteiger partial charge in [0.15, 0.2) is 0 Å². The zero-order valence-corrected chi connectivity index (χ0v) is 4.57. The number of nitrogens with two attached hydrogens (primary N) is 1. The highest BCUT2D eigenvalue weighted by molar-refractivity contribution is 7.85. The van der Waals surface area contributed by atoms with E-state index in [1.807, 2.05) is 0 Å². The summed E-state index contributed by atoms with van der Waals surface area (Å²) >= 11 is 0. The molecule has 0 aromatic carbocycles. The van der Waals surface area contributed by atoms with Gasteiger partial charge in [0, 0.05) is 8.22 Å². The van der Waals surface area contributed by atoms with E-state index in [1.54, 1.807) is 0 Å². The second kappa shape index (κ2) is 3.01. The summed E-state index contributed by atoms with van der Waals surface area (Å²) in [6, 6.07) is 0. The van der Waals surface area contributed by atoms with E-state index in [1.165, 1.54) is 0 Å². The van der Waals surface area contributed by atoms with Gasteiger partial charge in [0.25, 0.3) is 10.1 Å². The molecule has 0 rings (SSSR count). The third-order valence-electron chi connectivity index (χ3n) is 0.252. The fourth-order valence-corrected chi connectivity index (χ4v) is 0.282. The Bertz CT molecular complexity index is 318. The van der Waals surface area contributed by atoms with Gasteiger partial charge in [0.05, 0.1) is 5.70 Å². The molecule has 0 aliphatic heterocycles. The second-order valence-corrected chi connectivity index (χ2v) is 2.00. The molecule has 0 aliphatic rings. The van der Waals surface area contributed by atoms with Crippen molar-refractivity contribution in [2.45, 2.75) is 6.37 Å². The molecular weight excluding hydrogens is 130 g/mol. The van der Waals surface area contributed by atoms with E-state index in [4.69, 9.17) is 12.8 Å². The van der Waals surface area contributed by atoms with Crippen LogP contribution in [0.3, 0.4) is 0 Å². The van der Waals surface area contributed by atoms with Crippen LogP contribution in [0.15, 0.2) is 0 Å². The van der Waals surface area contributed by atoms with Crippen LogP contribution in [0.1, 0.15) is 14.6 Å². The molecule has 0 aromatic rings. The number of rotatable bonds is 3. The molecule has 3 N–H and O–H groups in total. The number of hydrogen-bond acceptors (Lipinski definition) is 3. The highest BCUT2D eigenvalue weighted by atomic mass is 32.2. The zero-order chi connectivity index (χ0) is 12.0. The van der Waals surface area contributed by atoms with Crippen LogP contribution in [0, 0.1) is 0 Å². The molecule has 0 bridgehead atoms. The Morgan fingerprint density at radius 2 is 2.25 bits per heavy atom. The first-order valence-corrected chi connectivity index (χ1v) is 2.95. The molecule has 4 nitrogen and oxygen atoms in total. The molecule has 50 valence electrons. The molecule has 0 heterocycles. The van der Waals surface area contributed by atoms with Gasteiger partial charge in [-0.3, -0.25) is 4.55 Å². The van der Waals surface area contributed by atoms with E-state index in [9.17, 15) is 8.42 Å². The van der Waals surface area contributed by atoms with Gasteiger partial charge >= 0.3 is 0 Å². The Morgan fingerprint density at radius 1 is 1.75 bits per heavy atom. The molecular formula is C3H9NO3S. The van der Waals surface area contributed by atoms with Crippen LogP contribution in [-0.2, 0) is 10.1 Å². The Morgan fingerprint density at radius 3 is 2.38 bits per heavy atom. The maximum absolute atomic E-state index is 10.5. The minimum absolute atomic E-state index is 3.24. The van der Waals surface area contributed by atoms with Crippen LogP contribution in [0.4, 0.5) is 0 Å². The molecule has 0 radical (unpaired) electrons. The minimum atomic E-state index is -5.40. The Kier molecular flexibility index (Phi) is 0.843. The summed E-state index contributed by atoms with van der Waals surface area (Å²) in [6.45, 7) is -3.24. The van der Waals surface area contributed by atoms with E-state index >= 15 is 0 Å². The predicted molar refractivity (Wildman–Crippen MR) is 30.1 cm³/mol. The largest absolute Gasteiger partial charge is 0.330 e. The lowest BCUT2D eigenvalue weighted by Crippen LogP contribution is -2.09. The van der Waals surface area contributed by atoms with Crippen molar-refractivity contribution in [2.24, 2.45) is 5.73 Å². The van der Waals surface area contributed by atoms with Crippen molar-refractivity contribution >= 4 is 10.1 Å². The molecule has 0 aromatic heterocycles. The van der Waals surface area contributed by atoms with Gasteiger partial charge in [0.2, 0.25) is 0 Å². The van der Waals surface area contributed by atoms with Gasteiger partial charge in [-0.25, -0.2) is 0 Å². The summed E-state index contributed by atoms with van der Waals surface area (Å²) in [5, 5.41) is 0. The first kappa shape index (κ1) is 2.24. The second-order valence-electron chi connectivity index (χ2n) is 0.846. The summed E-state index contributed by atoms with van der Waals surface area (Å²) < 4.78 is 70.1. The van der Waals surface area contributed by atoms with Crippen molar-refractivity contribution in [2.75, 3.05) is 12.2 Å². The lowest BCUT2D eigenvalue weighted by molar-refractivity contribution is 0.481. The van der Waals surface area contributed by atoms with E-state index in [0.717, 1.165) is 0 Å². The molecule has 0 saturated carbocycles. The van der Waals surface area contributed by atoms with Gasteiger partial charge in [-0.2, -0.15) is 8.42 Å². The molecule has 0 fully saturated rings. The first-order valence-electron chi connectivity index (χ1n) is 4.51. The average Bonchev–Trinajstić information content (AvgIpc) is 1.81. The normalized spacial score (nSPS) is 28.2. The molecule has 0 saturated heterocycles. The standard InChI is InChI=1S/C3H9NO3S/c4-2-1-3-8(5,6)7/h1-4H2,(H,5,6,7)/i1D2,2D2,3D2. The average molecular weight is 145 g/mol. The molecule has 5 heteroatoms. The van der Waals surface area contributed by atoms with E-state index in [0.29, 0.717) is 0 Å². The van der Waals surface area contributed by atoms with Crippen LogP contribution < -0.4 is 5.73 Å². The highest BCUT2D eigenvalue weighted by Gasteiger charge is 2.00. The molecule has 0 atom stereocenters. The predicted octanol–water partition coefficient (Wildman–Crippen LogP) is -0.777. The van der Waals surface area contributed by atoms with Gasteiger partial charge < -0.3 is 5.73 Å². The summed E-state index contributed by atoms with van der Waals surface area (Å²) in [5.41, 5.74) is 0.818. The minimum Gasteiger partial charge on any atom is -0.330 e. The van der Waals surface area contributed by atoms with Crippen molar-refractivity contribution < 1.29 is 21.2 Å². The Balaban J connectivity index is 5.54. The van der Waals surface area contributed by atoms with Crippen molar-refractivity contribution in [1.82, 2.24) is 0 Å². The summed E-state index contributed by atoms with van der Waals surface area (Å²) in [4.78, 5) is 0. The number of hydrogen-bond donors (Lipinski definition) is 2. The third kappa shape index (κ3) is 5.87. The zero-order valence-electron chi connectivity index (χ0n) is 9.75. The van der Waals surface area contributed by atoms with E-state index in [2.05, 4.69) is 5.73 Å². The maximum atomic E-state index is 10.5. The topological polar surface area (TPSA) is 80.4 Å². The fraction of sp³-hybridized carbons (Fsp3) is 1.00. The molecule has 0 aliphatic carbocycles. The van der Waals surface area contributed by atoms with Crippen LogP contribution >= 0.6 is 0 Å². The smallest absolute Gasteiger partial charge is 0.264 e. The van der Waals surface area contributed by atoms with E-state index in [-0.39, 0.29) is 0 Å². The summed E-state index contributed by atoms with van der Waals surface area (Å²) in [7, 11) is -5.40. The lowest BCUT2D eigenvalue weighted by Gasteiger charge is -1.90. The van der Waals surface area contributed by atoms with Gasteiger partial charge in [-0.1, -0.05) is 0 Å². The lowest BCUT2D eigenvalue weighted by atomic mass is 10.5. The third-order valence-corrected chi connectivity index (χ3v) is 0.612. The Labute approximate surface area is 56.9 Å². The molecule has 0 spiro atoms. The molecule has 0 amide bonds. The van der Waals surface area contributed by atoms with Gasteiger partial charge in [-0.05, 0) is 12.9 Å². The van der Waals surface area contributed by atoms with Crippen molar-refractivity contribution in [1.29, 1.82) is 0 Å². The maximum Gasteiger partial charge on any atom is 0.264 e. The summed E-state index contributed by atoms with van der Waals surface area (Å²) in [5.74, 6) is 0. The van der Waals surface area contributed by atoms with Crippen molar-refractivity contribution in [3.05, 3.63) is 0 Å². The highest BCUT2D eigenvalue weighted by Crippen LogP contribution is 1.83. The monoisotopic (exact) mass is 145 g/mol. The van der Waals surface area contributed by atoms with Crippen LogP contribution in [0.5, 0.6) is 0 Å². The van der Waals surface area contributed by atoms with Gasteiger partial charge in [0.1, 0.15) is 0 Å². The van der Waals surface area contributed by atoms with Crippen LogP contribution in [0.2, 0.25) is 0 Å². The van der Waals surface area contributed by atoms with Crippen LogP contribution in [-0.4, -0.2) is 25.2 Å². The quantitative estimate of drug-likeness (QED) is 0.511. The fourth-order valence-electron chi connectivity index (χ4n) is 0.0940. The first-order chi connectivity index (χ1) is 5.75. The SMILES string of the molecule is [2H]C([2H])(N)C([2H])([2H])C([2H])([2H])S(=O)(=O)O. The van der Waals surface area contributed by atoms with Crippen molar-refractivity contribution in [3.8, 4) is 0 Å². The van der Waals surface area contributed by atoms with Crippen LogP contribution in [0.25, 0.3) is 0 Å². The van der Waals surface area contributed by atoms with Crippen molar-refractivity contribution in [3.63, 3.8) is 0 Å². The van der Waals surface area contributed by atoms with E-state index < -0.39 is 28.7 Å². The summed E-state index contributed by atoms with van der Waals surface area (Å²) in [6.07, 6.45) is -3.58. The Hall–Kier alpha value is -0.130.